The molecule has 0 aromatic carbocycles. The maximum Gasteiger partial charge on any atom is 0.261 e. The third-order valence-electron chi connectivity index (χ3n) is 3.01. The zero-order valence-corrected chi connectivity index (χ0v) is 10.2. The first kappa shape index (κ1) is 14.3. The van der Waals surface area contributed by atoms with E-state index in [0.717, 1.165) is 19.3 Å². The van der Waals surface area contributed by atoms with Crippen LogP contribution in [0.15, 0.2) is 0 Å². The quantitative estimate of drug-likeness (QED) is 0.636. The second-order valence-corrected chi connectivity index (χ2v) is 4.54. The van der Waals surface area contributed by atoms with Crippen LogP contribution < -0.4 is 5.32 Å². The summed E-state index contributed by atoms with van der Waals surface area (Å²) in [6, 6.07) is 2.79. The molecule has 0 saturated heterocycles. The number of nitrogens with zero attached hydrogens (tertiary/aromatic N) is 1. The summed E-state index contributed by atoms with van der Waals surface area (Å²) in [5.41, 5.74) is -0.505. The van der Waals surface area contributed by atoms with Crippen molar-refractivity contribution < 1.29 is 13.5 Å². The Bertz CT molecular complexity index is 264. The number of nitrogens with one attached hydrogen (secondary N) is 1. The SMILES string of the molecule is CCC(C#N)(CCCOCC(F)F)NC1CC1. The van der Waals surface area contributed by atoms with E-state index in [2.05, 4.69) is 11.4 Å². The summed E-state index contributed by atoms with van der Waals surface area (Å²) in [4.78, 5) is 0. The molecule has 98 valence electrons. The number of alkyl halides is 2. The first-order valence-electron chi connectivity index (χ1n) is 6.17. The van der Waals surface area contributed by atoms with Gasteiger partial charge in [0.1, 0.15) is 12.1 Å². The average molecular weight is 246 g/mol. The van der Waals surface area contributed by atoms with E-state index < -0.39 is 18.6 Å². The van der Waals surface area contributed by atoms with Crippen molar-refractivity contribution in [3.63, 3.8) is 0 Å². The number of hydrogen-bond acceptors (Lipinski definition) is 3. The fourth-order valence-electron chi connectivity index (χ4n) is 1.79. The minimum Gasteiger partial charge on any atom is -0.376 e. The molecule has 1 aliphatic carbocycles. The van der Waals surface area contributed by atoms with E-state index in [-0.39, 0.29) is 0 Å². The van der Waals surface area contributed by atoms with E-state index in [1.807, 2.05) is 6.92 Å². The van der Waals surface area contributed by atoms with Crippen molar-refractivity contribution in [1.29, 1.82) is 5.26 Å². The molecule has 1 unspecified atom stereocenters. The van der Waals surface area contributed by atoms with E-state index in [1.165, 1.54) is 0 Å². The number of ether oxygens (including phenoxy) is 1. The Labute approximate surface area is 101 Å². The van der Waals surface area contributed by atoms with Gasteiger partial charge in [0.2, 0.25) is 0 Å². The molecule has 0 amide bonds. The Morgan fingerprint density at radius 1 is 1.53 bits per heavy atom. The summed E-state index contributed by atoms with van der Waals surface area (Å²) >= 11 is 0. The topological polar surface area (TPSA) is 45.0 Å². The summed E-state index contributed by atoms with van der Waals surface area (Å²) in [5.74, 6) is 0. The Morgan fingerprint density at radius 2 is 2.24 bits per heavy atom. The molecule has 5 heteroatoms. The number of nitriles is 1. The molecule has 0 radical (unpaired) electrons. The summed E-state index contributed by atoms with van der Waals surface area (Å²) in [5, 5.41) is 12.6. The highest BCUT2D eigenvalue weighted by molar-refractivity contribution is 5.09. The van der Waals surface area contributed by atoms with Gasteiger partial charge in [-0.25, -0.2) is 8.78 Å². The Kier molecular flexibility index (Phi) is 5.79. The van der Waals surface area contributed by atoms with Gasteiger partial charge in [0.15, 0.2) is 0 Å². The summed E-state index contributed by atoms with van der Waals surface area (Å²) in [6.07, 6.45) is 1.87. The van der Waals surface area contributed by atoms with E-state index in [4.69, 9.17) is 4.74 Å². The van der Waals surface area contributed by atoms with Gasteiger partial charge in [0.05, 0.1) is 6.07 Å². The Balaban J connectivity index is 2.22. The van der Waals surface area contributed by atoms with Crippen molar-refractivity contribution in [3.05, 3.63) is 0 Å². The molecular weight excluding hydrogens is 226 g/mol. The minimum absolute atomic E-state index is 0.292. The smallest absolute Gasteiger partial charge is 0.261 e. The lowest BCUT2D eigenvalue weighted by atomic mass is 9.92. The third kappa shape index (κ3) is 5.42. The molecule has 1 rings (SSSR count). The average Bonchev–Trinajstić information content (AvgIpc) is 3.10. The molecule has 1 aliphatic rings. The number of halogens is 2. The van der Waals surface area contributed by atoms with Gasteiger partial charge in [0, 0.05) is 12.6 Å². The van der Waals surface area contributed by atoms with Gasteiger partial charge in [-0.3, -0.25) is 5.32 Å². The number of hydrogen-bond donors (Lipinski definition) is 1. The van der Waals surface area contributed by atoms with Crippen LogP contribution in [0.25, 0.3) is 0 Å². The van der Waals surface area contributed by atoms with Gasteiger partial charge in [-0.05, 0) is 32.1 Å². The van der Waals surface area contributed by atoms with E-state index in [9.17, 15) is 14.0 Å². The minimum atomic E-state index is -2.41. The van der Waals surface area contributed by atoms with Crippen molar-refractivity contribution in [2.45, 2.75) is 57.0 Å². The van der Waals surface area contributed by atoms with E-state index in [0.29, 0.717) is 25.5 Å². The maximum absolute atomic E-state index is 11.8. The standard InChI is InChI=1S/C12H20F2N2O/c1-2-12(9-15,16-10-4-5-10)6-3-7-17-8-11(13)14/h10-11,16H,2-8H2,1H3. The van der Waals surface area contributed by atoms with Crippen LogP contribution in [0, 0.1) is 11.3 Å². The fourth-order valence-corrected chi connectivity index (χ4v) is 1.79. The molecule has 0 aliphatic heterocycles. The van der Waals surface area contributed by atoms with Gasteiger partial charge >= 0.3 is 0 Å². The van der Waals surface area contributed by atoms with Crippen LogP contribution in [0.5, 0.6) is 0 Å². The Morgan fingerprint density at radius 3 is 2.71 bits per heavy atom. The van der Waals surface area contributed by atoms with Crippen molar-refractivity contribution in [1.82, 2.24) is 5.32 Å². The lowest BCUT2D eigenvalue weighted by Gasteiger charge is -2.26. The molecule has 1 saturated carbocycles. The molecule has 1 N–H and O–H groups in total. The van der Waals surface area contributed by atoms with E-state index in [1.54, 1.807) is 0 Å². The van der Waals surface area contributed by atoms with Gasteiger partial charge in [-0.15, -0.1) is 0 Å². The molecule has 0 bridgehead atoms. The van der Waals surface area contributed by atoms with Crippen LogP contribution in [-0.4, -0.2) is 31.2 Å². The van der Waals surface area contributed by atoms with Crippen LogP contribution in [0.1, 0.15) is 39.0 Å². The molecule has 0 aromatic heterocycles. The predicted molar refractivity (Wildman–Crippen MR) is 60.8 cm³/mol. The summed E-state index contributed by atoms with van der Waals surface area (Å²) in [7, 11) is 0. The van der Waals surface area contributed by atoms with Crippen LogP contribution in [0.2, 0.25) is 0 Å². The van der Waals surface area contributed by atoms with Gasteiger partial charge in [-0.1, -0.05) is 6.92 Å². The molecule has 3 nitrogen and oxygen atoms in total. The molecule has 0 spiro atoms. The normalized spacial score (nSPS) is 19.0. The highest BCUT2D eigenvalue weighted by atomic mass is 19.3. The first-order valence-corrected chi connectivity index (χ1v) is 6.17. The monoisotopic (exact) mass is 246 g/mol. The van der Waals surface area contributed by atoms with Gasteiger partial charge < -0.3 is 4.74 Å². The van der Waals surface area contributed by atoms with Gasteiger partial charge in [0.25, 0.3) is 6.43 Å². The largest absolute Gasteiger partial charge is 0.376 e. The fraction of sp³-hybridized carbons (Fsp3) is 0.917. The molecule has 0 heterocycles. The van der Waals surface area contributed by atoms with E-state index >= 15 is 0 Å². The molecule has 0 aromatic rings. The lowest BCUT2D eigenvalue weighted by molar-refractivity contribution is 0.0150. The molecular formula is C12H20F2N2O. The summed E-state index contributed by atoms with van der Waals surface area (Å²) < 4.78 is 28.5. The number of rotatable bonds is 9. The molecule has 17 heavy (non-hydrogen) atoms. The van der Waals surface area contributed by atoms with Crippen molar-refractivity contribution >= 4 is 0 Å². The third-order valence-corrected chi connectivity index (χ3v) is 3.01. The summed E-state index contributed by atoms with van der Waals surface area (Å²) in [6.45, 7) is 1.75. The van der Waals surface area contributed by atoms with Crippen LogP contribution in [0.3, 0.4) is 0 Å². The van der Waals surface area contributed by atoms with Crippen LogP contribution in [-0.2, 0) is 4.74 Å². The highest BCUT2D eigenvalue weighted by Gasteiger charge is 2.34. The van der Waals surface area contributed by atoms with Gasteiger partial charge in [-0.2, -0.15) is 5.26 Å². The molecule has 1 fully saturated rings. The van der Waals surface area contributed by atoms with Crippen molar-refractivity contribution in [2.24, 2.45) is 0 Å². The predicted octanol–water partition coefficient (Wildman–Crippen LogP) is 2.47. The Hall–Kier alpha value is -0.730. The van der Waals surface area contributed by atoms with Crippen LogP contribution in [0.4, 0.5) is 8.78 Å². The molecule has 1 atom stereocenters. The van der Waals surface area contributed by atoms with Crippen molar-refractivity contribution in [2.75, 3.05) is 13.2 Å². The second kappa shape index (κ2) is 6.87. The van der Waals surface area contributed by atoms with Crippen molar-refractivity contribution in [3.8, 4) is 6.07 Å². The zero-order valence-electron chi connectivity index (χ0n) is 10.2. The maximum atomic E-state index is 11.8. The lowest BCUT2D eigenvalue weighted by Crippen LogP contribution is -2.44. The zero-order chi connectivity index (χ0) is 12.7. The van der Waals surface area contributed by atoms with Crippen LogP contribution >= 0.6 is 0 Å². The highest BCUT2D eigenvalue weighted by Crippen LogP contribution is 2.26. The first-order chi connectivity index (χ1) is 8.12. The second-order valence-electron chi connectivity index (χ2n) is 4.54.